The van der Waals surface area contributed by atoms with Gasteiger partial charge in [0.25, 0.3) is 5.99 Å². The zero-order valence-corrected chi connectivity index (χ0v) is 22.4. The van der Waals surface area contributed by atoms with Crippen molar-refractivity contribution in [1.82, 2.24) is 4.57 Å². The van der Waals surface area contributed by atoms with Gasteiger partial charge < -0.3 is 9.30 Å². The highest BCUT2D eigenvalue weighted by molar-refractivity contribution is 8.28. The van der Waals surface area contributed by atoms with Crippen LogP contribution < -0.4 is 15.7 Å². The molecule has 7 aromatic rings. The highest BCUT2D eigenvalue weighted by Gasteiger charge is 2.38. The van der Waals surface area contributed by atoms with Crippen molar-refractivity contribution >= 4 is 50.3 Å². The normalized spacial score (nSPS) is 13.1. The van der Waals surface area contributed by atoms with Crippen LogP contribution in [0.1, 0.15) is 0 Å². The van der Waals surface area contributed by atoms with Gasteiger partial charge in [0, 0.05) is 27.4 Å². The number of nitrogens with zero attached hydrogens (tertiary/aromatic N) is 1. The van der Waals surface area contributed by atoms with E-state index in [0.29, 0.717) is 0 Å². The molecule has 0 saturated carbocycles. The summed E-state index contributed by atoms with van der Waals surface area (Å²) in [5.41, 5.74) is 11.0. The molecule has 0 spiro atoms. The van der Waals surface area contributed by atoms with Crippen molar-refractivity contribution in [2.45, 2.75) is 4.90 Å². The Balaban J connectivity index is 1.27. The van der Waals surface area contributed by atoms with Crippen molar-refractivity contribution in [1.29, 1.82) is 0 Å². The van der Waals surface area contributed by atoms with Crippen LogP contribution in [0.5, 0.6) is 11.5 Å². The van der Waals surface area contributed by atoms with Gasteiger partial charge in [0.2, 0.25) is 0 Å². The maximum atomic E-state index is 6.84. The largest absolute Gasteiger partial charge is 0.458 e. The number of fused-ring (bicyclic) bond motifs is 7. The Morgan fingerprint density at radius 3 is 2.05 bits per heavy atom. The van der Waals surface area contributed by atoms with E-state index in [2.05, 4.69) is 138 Å². The third-order valence-electron chi connectivity index (χ3n) is 8.27. The van der Waals surface area contributed by atoms with Gasteiger partial charge >= 0.3 is 0 Å². The van der Waals surface area contributed by atoms with Gasteiger partial charge in [-0.25, -0.2) is 0 Å². The second-order valence-corrected chi connectivity index (χ2v) is 11.6. The number of benzene rings is 6. The van der Waals surface area contributed by atoms with Gasteiger partial charge in [-0.2, -0.15) is 11.6 Å². The van der Waals surface area contributed by atoms with Crippen LogP contribution in [-0.4, -0.2) is 10.6 Å². The van der Waals surface area contributed by atoms with E-state index >= 15 is 0 Å². The minimum atomic E-state index is 0.181. The van der Waals surface area contributed by atoms with Crippen LogP contribution in [0.2, 0.25) is 0 Å². The first kappa shape index (κ1) is 22.2. The molecule has 0 bridgehead atoms. The predicted octanol–water partition coefficient (Wildman–Crippen LogP) is 8.43. The maximum absolute atomic E-state index is 6.84. The molecular weight excluding hydrogens is 505 g/mol. The van der Waals surface area contributed by atoms with Crippen LogP contribution in [0.15, 0.2) is 138 Å². The summed E-state index contributed by atoms with van der Waals surface area (Å²) in [7, 11) is 0. The van der Waals surface area contributed by atoms with Crippen LogP contribution in [0.3, 0.4) is 0 Å². The highest BCUT2D eigenvalue weighted by atomic mass is 32.2. The first-order valence-electron chi connectivity index (χ1n) is 13.6. The molecule has 2 aliphatic rings. The SMILES string of the molecule is c1ccc(-c2cc3c4c(c2)-c2ccccc2SB4c2ccc(-n4c5ccccc5c5ccccc54)cc2O3)cc1. The van der Waals surface area contributed by atoms with Gasteiger partial charge in [-0.3, -0.25) is 0 Å². The summed E-state index contributed by atoms with van der Waals surface area (Å²) in [5.74, 6) is 2.07. The Morgan fingerprint density at radius 2 is 1.25 bits per heavy atom. The van der Waals surface area contributed by atoms with Gasteiger partial charge in [-0.1, -0.05) is 91.0 Å². The Labute approximate surface area is 236 Å². The van der Waals surface area contributed by atoms with Crippen LogP contribution in [0.25, 0.3) is 49.7 Å². The van der Waals surface area contributed by atoms with Gasteiger partial charge in [0.1, 0.15) is 11.5 Å². The summed E-state index contributed by atoms with van der Waals surface area (Å²) in [6.45, 7) is 0. The van der Waals surface area contributed by atoms with Crippen molar-refractivity contribution in [2.75, 3.05) is 0 Å². The van der Waals surface area contributed by atoms with Crippen LogP contribution >= 0.6 is 11.6 Å². The molecule has 0 unspecified atom stereocenters. The Morgan fingerprint density at radius 1 is 0.550 bits per heavy atom. The summed E-state index contributed by atoms with van der Waals surface area (Å²) >= 11 is 1.93. The number of hydrogen-bond donors (Lipinski definition) is 0. The van der Waals surface area contributed by atoms with Gasteiger partial charge in [0.05, 0.1) is 11.0 Å². The van der Waals surface area contributed by atoms with E-state index in [1.165, 1.54) is 59.9 Å². The fourth-order valence-corrected chi connectivity index (χ4v) is 7.88. The first-order valence-corrected chi connectivity index (χ1v) is 14.5. The number of hydrogen-bond acceptors (Lipinski definition) is 2. The topological polar surface area (TPSA) is 14.2 Å². The van der Waals surface area contributed by atoms with Crippen LogP contribution in [0.4, 0.5) is 0 Å². The zero-order chi connectivity index (χ0) is 26.2. The van der Waals surface area contributed by atoms with E-state index in [-0.39, 0.29) is 5.99 Å². The van der Waals surface area contributed by atoms with Crippen LogP contribution in [-0.2, 0) is 0 Å². The maximum Gasteiger partial charge on any atom is 0.289 e. The highest BCUT2D eigenvalue weighted by Crippen LogP contribution is 2.45. The molecular formula is C36H22BNOS. The van der Waals surface area contributed by atoms with E-state index < -0.39 is 0 Å². The first-order chi connectivity index (χ1) is 19.8. The molecule has 0 N–H and O–H groups in total. The second kappa shape index (κ2) is 8.42. The molecule has 0 aliphatic carbocycles. The van der Waals surface area contributed by atoms with Crippen LogP contribution in [0, 0.1) is 0 Å². The summed E-state index contributed by atoms with van der Waals surface area (Å²) < 4.78 is 9.20. The van der Waals surface area contributed by atoms with Gasteiger partial charge in [0.15, 0.2) is 0 Å². The molecule has 2 aliphatic heterocycles. The van der Waals surface area contributed by atoms with Crippen molar-refractivity contribution in [3.05, 3.63) is 133 Å². The molecule has 0 amide bonds. The fraction of sp³-hybridized carbons (Fsp3) is 0. The monoisotopic (exact) mass is 527 g/mol. The molecule has 3 heterocycles. The lowest BCUT2D eigenvalue weighted by Crippen LogP contribution is -2.46. The Hall–Kier alpha value is -4.67. The summed E-state index contributed by atoms with van der Waals surface area (Å²) in [5, 5.41) is 2.53. The fourth-order valence-electron chi connectivity index (χ4n) is 6.48. The average molecular weight is 527 g/mol. The molecule has 0 radical (unpaired) electrons. The van der Waals surface area contributed by atoms with E-state index in [0.717, 1.165) is 17.2 Å². The number of ether oxygens (including phenoxy) is 1. The molecule has 0 saturated heterocycles. The molecule has 4 heteroatoms. The average Bonchev–Trinajstić information content (AvgIpc) is 3.35. The Kier molecular flexibility index (Phi) is 4.67. The molecule has 40 heavy (non-hydrogen) atoms. The van der Waals surface area contributed by atoms with E-state index in [1.807, 2.05) is 11.6 Å². The van der Waals surface area contributed by atoms with E-state index in [9.17, 15) is 0 Å². The lowest BCUT2D eigenvalue weighted by molar-refractivity contribution is 0.488. The molecule has 186 valence electrons. The predicted molar refractivity (Wildman–Crippen MR) is 169 cm³/mol. The number of aromatic nitrogens is 1. The van der Waals surface area contributed by atoms with Gasteiger partial charge in [-0.05, 0) is 69.6 Å². The summed E-state index contributed by atoms with van der Waals surface area (Å²) in [6.07, 6.45) is 0. The van der Waals surface area contributed by atoms with E-state index in [4.69, 9.17) is 4.74 Å². The molecule has 0 atom stereocenters. The van der Waals surface area contributed by atoms with E-state index in [1.54, 1.807) is 0 Å². The number of para-hydroxylation sites is 2. The third kappa shape index (κ3) is 3.14. The smallest absolute Gasteiger partial charge is 0.289 e. The second-order valence-electron chi connectivity index (χ2n) is 10.5. The summed E-state index contributed by atoms with van der Waals surface area (Å²) in [6, 6.07) is 48.0. The molecule has 6 aromatic carbocycles. The van der Waals surface area contributed by atoms with Crippen molar-refractivity contribution in [2.24, 2.45) is 0 Å². The minimum absolute atomic E-state index is 0.181. The Bertz CT molecular complexity index is 2080. The van der Waals surface area contributed by atoms with Crippen molar-refractivity contribution in [3.8, 4) is 39.4 Å². The molecule has 0 fully saturated rings. The lowest BCUT2D eigenvalue weighted by atomic mass is 9.57. The number of rotatable bonds is 2. The third-order valence-corrected chi connectivity index (χ3v) is 9.61. The minimum Gasteiger partial charge on any atom is -0.458 e. The lowest BCUT2D eigenvalue weighted by Gasteiger charge is -2.33. The van der Waals surface area contributed by atoms with Crippen molar-refractivity contribution < 1.29 is 4.74 Å². The molecule has 1 aromatic heterocycles. The van der Waals surface area contributed by atoms with Crippen molar-refractivity contribution in [3.63, 3.8) is 0 Å². The quantitative estimate of drug-likeness (QED) is 0.210. The zero-order valence-electron chi connectivity index (χ0n) is 21.5. The molecule has 9 rings (SSSR count). The molecule has 2 nitrogen and oxygen atoms in total. The van der Waals surface area contributed by atoms with Gasteiger partial charge in [-0.15, -0.1) is 0 Å². The standard InChI is InChI=1S/C36H22BNOS/c1-2-10-23(11-3-1)24-20-29-28-14-6-9-17-35(28)40-37-30-19-18-25(22-33(30)39-34(21-24)36(29)37)38-31-15-7-4-12-26(31)27-13-5-8-16-32(27)38/h1-22H. The summed E-state index contributed by atoms with van der Waals surface area (Å²) in [4.78, 5) is 1.32.